The van der Waals surface area contributed by atoms with Gasteiger partial charge in [0, 0.05) is 16.6 Å². The zero-order valence-corrected chi connectivity index (χ0v) is 8.92. The molecule has 0 bridgehead atoms. The summed E-state index contributed by atoms with van der Waals surface area (Å²) in [7, 11) is 0. The molecule has 13 heavy (non-hydrogen) atoms. The second-order valence-corrected chi connectivity index (χ2v) is 4.35. The van der Waals surface area contributed by atoms with E-state index in [1.807, 2.05) is 0 Å². The first-order valence-corrected chi connectivity index (χ1v) is 5.31. The molecule has 1 saturated heterocycles. The molecule has 2 unspecified atom stereocenters. The smallest absolute Gasteiger partial charge is 0.0474 e. The third-order valence-electron chi connectivity index (χ3n) is 2.50. The Hall–Kier alpha value is -0.380. The average molecular weight is 241 g/mol. The summed E-state index contributed by atoms with van der Waals surface area (Å²) in [6.07, 6.45) is 1.07. The van der Waals surface area contributed by atoms with Crippen molar-refractivity contribution in [1.82, 2.24) is 5.32 Å². The molecule has 0 saturated carbocycles. The maximum Gasteiger partial charge on any atom is 0.0474 e. The molecule has 0 amide bonds. The van der Waals surface area contributed by atoms with E-state index in [0.29, 0.717) is 6.04 Å². The summed E-state index contributed by atoms with van der Waals surface area (Å²) in [4.78, 5) is 0. The Balaban J connectivity index is 2.20. The molecule has 0 radical (unpaired) electrons. The third kappa shape index (κ3) is 1.93. The van der Waals surface area contributed by atoms with E-state index in [9.17, 15) is 0 Å². The number of benzene rings is 1. The van der Waals surface area contributed by atoms with Crippen molar-refractivity contribution in [2.45, 2.75) is 18.5 Å². The molecule has 0 aromatic heterocycles. The third-order valence-corrected chi connectivity index (χ3v) is 3.03. The Labute approximate surface area is 86.6 Å². The number of hydrogen-bond donors (Lipinski definition) is 2. The van der Waals surface area contributed by atoms with E-state index in [4.69, 9.17) is 5.73 Å². The first-order chi connectivity index (χ1) is 6.27. The SMILES string of the molecule is NC1CCNC1c1ccc(Br)cc1. The van der Waals surface area contributed by atoms with Crippen LogP contribution in [-0.4, -0.2) is 12.6 Å². The molecule has 70 valence electrons. The van der Waals surface area contributed by atoms with E-state index in [1.54, 1.807) is 0 Å². The van der Waals surface area contributed by atoms with Crippen molar-refractivity contribution in [3.8, 4) is 0 Å². The standard InChI is InChI=1S/C10H13BrN2/c11-8-3-1-7(2-4-8)10-9(12)5-6-13-10/h1-4,9-10,13H,5-6,12H2. The van der Waals surface area contributed by atoms with E-state index < -0.39 is 0 Å². The molecule has 0 aliphatic carbocycles. The summed E-state index contributed by atoms with van der Waals surface area (Å²) in [5.41, 5.74) is 7.26. The van der Waals surface area contributed by atoms with Crippen LogP contribution in [0.2, 0.25) is 0 Å². The van der Waals surface area contributed by atoms with Crippen molar-refractivity contribution in [2.75, 3.05) is 6.54 Å². The van der Waals surface area contributed by atoms with E-state index in [0.717, 1.165) is 17.4 Å². The fourth-order valence-electron chi connectivity index (χ4n) is 1.76. The summed E-state index contributed by atoms with van der Waals surface area (Å²) < 4.78 is 1.11. The van der Waals surface area contributed by atoms with Crippen molar-refractivity contribution >= 4 is 15.9 Å². The normalized spacial score (nSPS) is 27.8. The van der Waals surface area contributed by atoms with Crippen molar-refractivity contribution in [1.29, 1.82) is 0 Å². The van der Waals surface area contributed by atoms with Gasteiger partial charge < -0.3 is 11.1 Å². The van der Waals surface area contributed by atoms with Gasteiger partial charge in [-0.1, -0.05) is 28.1 Å². The first kappa shape index (κ1) is 9.19. The predicted octanol–water partition coefficient (Wildman–Crippen LogP) is 1.81. The van der Waals surface area contributed by atoms with Gasteiger partial charge in [-0.15, -0.1) is 0 Å². The second kappa shape index (κ2) is 3.78. The Bertz CT molecular complexity index is 283. The summed E-state index contributed by atoms with van der Waals surface area (Å²) in [6, 6.07) is 8.96. The highest BCUT2D eigenvalue weighted by Gasteiger charge is 2.24. The number of hydrogen-bond acceptors (Lipinski definition) is 2. The van der Waals surface area contributed by atoms with E-state index in [1.165, 1.54) is 5.56 Å². The lowest BCUT2D eigenvalue weighted by Gasteiger charge is -2.15. The van der Waals surface area contributed by atoms with Crippen molar-refractivity contribution < 1.29 is 0 Å². The molecular weight excluding hydrogens is 228 g/mol. The molecule has 2 rings (SSSR count). The molecule has 3 heteroatoms. The number of halogens is 1. The van der Waals surface area contributed by atoms with Crippen LogP contribution in [0.4, 0.5) is 0 Å². The quantitative estimate of drug-likeness (QED) is 0.786. The molecule has 1 aromatic carbocycles. The van der Waals surface area contributed by atoms with Gasteiger partial charge in [-0.25, -0.2) is 0 Å². The number of nitrogens with one attached hydrogen (secondary N) is 1. The van der Waals surface area contributed by atoms with E-state index in [2.05, 4.69) is 45.5 Å². The van der Waals surface area contributed by atoms with Gasteiger partial charge in [0.15, 0.2) is 0 Å². The van der Waals surface area contributed by atoms with Gasteiger partial charge in [-0.2, -0.15) is 0 Å². The van der Waals surface area contributed by atoms with Crippen LogP contribution in [0.25, 0.3) is 0 Å². The summed E-state index contributed by atoms with van der Waals surface area (Å²) in [5, 5.41) is 3.40. The first-order valence-electron chi connectivity index (χ1n) is 4.52. The fourth-order valence-corrected chi connectivity index (χ4v) is 2.02. The molecule has 2 atom stereocenters. The van der Waals surface area contributed by atoms with Crippen LogP contribution >= 0.6 is 15.9 Å². The van der Waals surface area contributed by atoms with Crippen LogP contribution in [0.3, 0.4) is 0 Å². The van der Waals surface area contributed by atoms with Crippen LogP contribution in [0.5, 0.6) is 0 Å². The summed E-state index contributed by atoms with van der Waals surface area (Å²) >= 11 is 3.42. The molecule has 1 aromatic rings. The minimum atomic E-state index is 0.265. The Kier molecular flexibility index (Phi) is 2.67. The van der Waals surface area contributed by atoms with Gasteiger partial charge in [0.2, 0.25) is 0 Å². The summed E-state index contributed by atoms with van der Waals surface area (Å²) in [6.45, 7) is 1.03. The zero-order valence-electron chi connectivity index (χ0n) is 7.33. The van der Waals surface area contributed by atoms with Gasteiger partial charge >= 0.3 is 0 Å². The molecule has 3 N–H and O–H groups in total. The summed E-state index contributed by atoms with van der Waals surface area (Å²) in [5.74, 6) is 0. The van der Waals surface area contributed by atoms with Gasteiger partial charge in [0.05, 0.1) is 0 Å². The van der Waals surface area contributed by atoms with E-state index in [-0.39, 0.29) is 6.04 Å². The predicted molar refractivity (Wildman–Crippen MR) is 57.5 cm³/mol. The van der Waals surface area contributed by atoms with Crippen molar-refractivity contribution in [3.63, 3.8) is 0 Å². The zero-order chi connectivity index (χ0) is 9.26. The Morgan fingerprint density at radius 1 is 1.31 bits per heavy atom. The molecule has 1 fully saturated rings. The average Bonchev–Trinajstić information content (AvgIpc) is 2.53. The monoisotopic (exact) mass is 240 g/mol. The minimum Gasteiger partial charge on any atom is -0.326 e. The Morgan fingerprint density at radius 2 is 2.00 bits per heavy atom. The number of nitrogens with two attached hydrogens (primary N) is 1. The van der Waals surface area contributed by atoms with Crippen LogP contribution in [0.1, 0.15) is 18.0 Å². The minimum absolute atomic E-state index is 0.265. The lowest BCUT2D eigenvalue weighted by atomic mass is 10.0. The molecule has 1 aliphatic rings. The molecule has 1 aliphatic heterocycles. The largest absolute Gasteiger partial charge is 0.326 e. The van der Waals surface area contributed by atoms with Gasteiger partial charge in [-0.05, 0) is 30.7 Å². The van der Waals surface area contributed by atoms with Gasteiger partial charge in [0.25, 0.3) is 0 Å². The molecule has 1 heterocycles. The van der Waals surface area contributed by atoms with Gasteiger partial charge in [-0.3, -0.25) is 0 Å². The molecular formula is C10H13BrN2. The highest BCUT2D eigenvalue weighted by molar-refractivity contribution is 9.10. The Morgan fingerprint density at radius 3 is 2.54 bits per heavy atom. The van der Waals surface area contributed by atoms with Gasteiger partial charge in [0.1, 0.15) is 0 Å². The second-order valence-electron chi connectivity index (χ2n) is 3.44. The van der Waals surface area contributed by atoms with Crippen LogP contribution < -0.4 is 11.1 Å². The molecule has 2 nitrogen and oxygen atoms in total. The maximum atomic E-state index is 5.97. The lowest BCUT2D eigenvalue weighted by Crippen LogP contribution is -2.27. The van der Waals surface area contributed by atoms with Crippen LogP contribution in [0, 0.1) is 0 Å². The van der Waals surface area contributed by atoms with Crippen molar-refractivity contribution in [2.24, 2.45) is 5.73 Å². The topological polar surface area (TPSA) is 38.0 Å². The van der Waals surface area contributed by atoms with Crippen LogP contribution in [0.15, 0.2) is 28.7 Å². The van der Waals surface area contributed by atoms with Crippen LogP contribution in [-0.2, 0) is 0 Å². The highest BCUT2D eigenvalue weighted by atomic mass is 79.9. The maximum absolute atomic E-state index is 5.97. The molecule has 0 spiro atoms. The fraction of sp³-hybridized carbons (Fsp3) is 0.400. The highest BCUT2D eigenvalue weighted by Crippen LogP contribution is 2.23. The lowest BCUT2D eigenvalue weighted by molar-refractivity contribution is 0.571. The van der Waals surface area contributed by atoms with E-state index >= 15 is 0 Å². The number of rotatable bonds is 1. The van der Waals surface area contributed by atoms with Crippen molar-refractivity contribution in [3.05, 3.63) is 34.3 Å².